The van der Waals surface area contributed by atoms with Gasteiger partial charge in [-0.3, -0.25) is 4.79 Å². The largest absolute Gasteiger partial charge is 0.381 e. The molecule has 18 heavy (non-hydrogen) atoms. The summed E-state index contributed by atoms with van der Waals surface area (Å²) in [7, 11) is 0. The van der Waals surface area contributed by atoms with Crippen LogP contribution in [0.15, 0.2) is 0 Å². The molecule has 2 fully saturated rings. The summed E-state index contributed by atoms with van der Waals surface area (Å²) in [4.78, 5) is 14.2. The second kappa shape index (κ2) is 7.31. The van der Waals surface area contributed by atoms with Crippen molar-refractivity contribution in [1.82, 2.24) is 4.90 Å². The van der Waals surface area contributed by atoms with E-state index < -0.39 is 0 Å². The number of rotatable bonds is 3. The van der Waals surface area contributed by atoms with Crippen LogP contribution in [0.2, 0.25) is 0 Å². The molecule has 0 aliphatic carbocycles. The molecule has 1 amide bonds. The molecule has 2 N–H and O–H groups in total. The van der Waals surface area contributed by atoms with Crippen molar-refractivity contribution in [2.24, 2.45) is 17.6 Å². The Morgan fingerprint density at radius 3 is 2.61 bits per heavy atom. The summed E-state index contributed by atoms with van der Waals surface area (Å²) in [5.74, 6) is 1.16. The first-order valence-corrected chi connectivity index (χ1v) is 6.84. The fraction of sp³-hybridized carbons (Fsp3) is 0.923. The van der Waals surface area contributed by atoms with Gasteiger partial charge in [-0.25, -0.2) is 0 Å². The maximum absolute atomic E-state index is 12.3. The van der Waals surface area contributed by atoms with Crippen LogP contribution in [0.25, 0.3) is 0 Å². The number of hydrogen-bond donors (Lipinski definition) is 1. The molecule has 0 aromatic carbocycles. The SMILES string of the molecule is CCC1CCN(C(=O)C(N)C2CCOCC2)C1.Cl. The van der Waals surface area contributed by atoms with Crippen molar-refractivity contribution < 1.29 is 9.53 Å². The van der Waals surface area contributed by atoms with Crippen molar-refractivity contribution in [3.63, 3.8) is 0 Å². The maximum atomic E-state index is 12.3. The van der Waals surface area contributed by atoms with E-state index in [2.05, 4.69) is 6.92 Å². The Morgan fingerprint density at radius 1 is 1.39 bits per heavy atom. The first-order valence-electron chi connectivity index (χ1n) is 6.84. The topological polar surface area (TPSA) is 55.6 Å². The molecule has 0 spiro atoms. The second-order valence-corrected chi connectivity index (χ2v) is 5.32. The highest BCUT2D eigenvalue weighted by molar-refractivity contribution is 5.85. The first kappa shape index (κ1) is 15.7. The Morgan fingerprint density at radius 2 is 2.06 bits per heavy atom. The molecule has 0 saturated carbocycles. The van der Waals surface area contributed by atoms with Crippen LogP contribution in [-0.2, 0) is 9.53 Å². The van der Waals surface area contributed by atoms with Gasteiger partial charge in [0.25, 0.3) is 0 Å². The molecule has 0 bridgehead atoms. The van der Waals surface area contributed by atoms with Gasteiger partial charge in [0, 0.05) is 26.3 Å². The monoisotopic (exact) mass is 276 g/mol. The Kier molecular flexibility index (Phi) is 6.39. The summed E-state index contributed by atoms with van der Waals surface area (Å²) < 4.78 is 5.31. The van der Waals surface area contributed by atoms with Crippen LogP contribution >= 0.6 is 12.4 Å². The number of amides is 1. The Hall–Kier alpha value is -0.320. The zero-order valence-electron chi connectivity index (χ0n) is 11.1. The normalized spacial score (nSPS) is 26.8. The molecule has 5 heteroatoms. The maximum Gasteiger partial charge on any atom is 0.239 e. The van der Waals surface area contributed by atoms with E-state index in [4.69, 9.17) is 10.5 Å². The third-order valence-corrected chi connectivity index (χ3v) is 4.23. The fourth-order valence-electron chi connectivity index (χ4n) is 2.85. The molecule has 2 aliphatic heterocycles. The summed E-state index contributed by atoms with van der Waals surface area (Å²) in [6.45, 7) is 5.50. The molecule has 0 aromatic heterocycles. The van der Waals surface area contributed by atoms with Gasteiger partial charge in [0.2, 0.25) is 5.91 Å². The smallest absolute Gasteiger partial charge is 0.239 e. The highest BCUT2D eigenvalue weighted by Gasteiger charge is 2.33. The van der Waals surface area contributed by atoms with Gasteiger partial charge in [-0.15, -0.1) is 12.4 Å². The van der Waals surface area contributed by atoms with E-state index in [-0.39, 0.29) is 24.4 Å². The third-order valence-electron chi connectivity index (χ3n) is 4.23. The summed E-state index contributed by atoms with van der Waals surface area (Å²) >= 11 is 0. The summed E-state index contributed by atoms with van der Waals surface area (Å²) in [6.07, 6.45) is 4.16. The molecule has 2 aliphatic rings. The van der Waals surface area contributed by atoms with Crippen molar-refractivity contribution in [2.75, 3.05) is 26.3 Å². The van der Waals surface area contributed by atoms with E-state index >= 15 is 0 Å². The van der Waals surface area contributed by atoms with Gasteiger partial charge < -0.3 is 15.4 Å². The standard InChI is InChI=1S/C13H24N2O2.ClH/c1-2-10-3-6-15(9-10)13(16)12(14)11-4-7-17-8-5-11;/h10-12H,2-9,14H2,1H3;1H. The van der Waals surface area contributed by atoms with Crippen molar-refractivity contribution >= 4 is 18.3 Å². The highest BCUT2D eigenvalue weighted by atomic mass is 35.5. The zero-order valence-corrected chi connectivity index (χ0v) is 12.0. The van der Waals surface area contributed by atoms with Gasteiger partial charge >= 0.3 is 0 Å². The average molecular weight is 277 g/mol. The molecule has 2 rings (SSSR count). The molecule has 2 unspecified atom stereocenters. The highest BCUT2D eigenvalue weighted by Crippen LogP contribution is 2.23. The minimum absolute atomic E-state index is 0. The lowest BCUT2D eigenvalue weighted by atomic mass is 9.91. The van der Waals surface area contributed by atoms with E-state index in [1.54, 1.807) is 0 Å². The summed E-state index contributed by atoms with van der Waals surface area (Å²) in [6, 6.07) is -0.311. The van der Waals surface area contributed by atoms with Crippen LogP contribution in [0.3, 0.4) is 0 Å². The van der Waals surface area contributed by atoms with Crippen molar-refractivity contribution in [3.8, 4) is 0 Å². The first-order chi connectivity index (χ1) is 8.22. The number of hydrogen-bond acceptors (Lipinski definition) is 3. The molecule has 2 saturated heterocycles. The van der Waals surface area contributed by atoms with Gasteiger partial charge in [-0.05, 0) is 31.1 Å². The van der Waals surface area contributed by atoms with Gasteiger partial charge in [0.05, 0.1) is 6.04 Å². The van der Waals surface area contributed by atoms with Crippen LogP contribution in [0, 0.1) is 11.8 Å². The lowest BCUT2D eigenvalue weighted by Crippen LogP contribution is -2.48. The quantitative estimate of drug-likeness (QED) is 0.848. The van der Waals surface area contributed by atoms with Crippen molar-refractivity contribution in [1.29, 1.82) is 0 Å². The molecule has 0 aromatic rings. The average Bonchev–Trinajstić information content (AvgIpc) is 2.87. The predicted octanol–water partition coefficient (Wildman–Crippen LogP) is 1.42. The van der Waals surface area contributed by atoms with E-state index in [1.165, 1.54) is 0 Å². The summed E-state index contributed by atoms with van der Waals surface area (Å²) in [5, 5.41) is 0. The van der Waals surface area contributed by atoms with Crippen molar-refractivity contribution in [3.05, 3.63) is 0 Å². The Bertz CT molecular complexity index is 270. The van der Waals surface area contributed by atoms with Gasteiger partial charge in [-0.1, -0.05) is 13.3 Å². The van der Waals surface area contributed by atoms with Crippen LogP contribution in [0.5, 0.6) is 0 Å². The number of nitrogens with zero attached hydrogens (tertiary/aromatic N) is 1. The third kappa shape index (κ3) is 3.59. The van der Waals surface area contributed by atoms with Crippen LogP contribution < -0.4 is 5.73 Å². The number of halogens is 1. The Labute approximate surface area is 116 Å². The molecule has 0 radical (unpaired) electrons. The molecule has 106 valence electrons. The minimum atomic E-state index is -0.311. The van der Waals surface area contributed by atoms with Crippen LogP contribution in [-0.4, -0.2) is 43.2 Å². The Balaban J connectivity index is 0.00000162. The summed E-state index contributed by atoms with van der Waals surface area (Å²) in [5.41, 5.74) is 6.11. The molecular weight excluding hydrogens is 252 g/mol. The lowest BCUT2D eigenvalue weighted by molar-refractivity contribution is -0.133. The predicted molar refractivity (Wildman–Crippen MR) is 73.7 cm³/mol. The second-order valence-electron chi connectivity index (χ2n) is 5.32. The number of ether oxygens (including phenoxy) is 1. The van der Waals surface area contributed by atoms with Crippen molar-refractivity contribution in [2.45, 2.75) is 38.6 Å². The van der Waals surface area contributed by atoms with Gasteiger partial charge in [0.15, 0.2) is 0 Å². The van der Waals surface area contributed by atoms with Gasteiger partial charge in [0.1, 0.15) is 0 Å². The minimum Gasteiger partial charge on any atom is -0.381 e. The number of carbonyl (C=O) groups excluding carboxylic acids is 1. The molecule has 2 atom stereocenters. The molecule has 4 nitrogen and oxygen atoms in total. The number of nitrogens with two attached hydrogens (primary N) is 1. The van der Waals surface area contributed by atoms with Crippen LogP contribution in [0.4, 0.5) is 0 Å². The van der Waals surface area contributed by atoms with E-state index in [0.717, 1.165) is 52.0 Å². The van der Waals surface area contributed by atoms with E-state index in [9.17, 15) is 4.79 Å². The lowest BCUT2D eigenvalue weighted by Gasteiger charge is -2.29. The van der Waals surface area contributed by atoms with Crippen LogP contribution in [0.1, 0.15) is 32.6 Å². The van der Waals surface area contributed by atoms with Gasteiger partial charge in [-0.2, -0.15) is 0 Å². The van der Waals surface area contributed by atoms with E-state index in [0.29, 0.717) is 11.8 Å². The molecular formula is C13H25ClN2O2. The fourth-order valence-corrected chi connectivity index (χ4v) is 2.85. The van der Waals surface area contributed by atoms with E-state index in [1.807, 2.05) is 4.90 Å². The number of carbonyl (C=O) groups is 1. The number of likely N-dealkylation sites (tertiary alicyclic amines) is 1. The molecule has 2 heterocycles. The zero-order chi connectivity index (χ0) is 12.3.